The van der Waals surface area contributed by atoms with Gasteiger partial charge in [-0.05, 0) is 48.7 Å². The number of halogens is 1. The monoisotopic (exact) mass is 400 g/mol. The number of aromatic nitrogens is 5. The molecule has 8 heteroatoms. The van der Waals surface area contributed by atoms with Crippen LogP contribution in [0.4, 0.5) is 10.1 Å². The van der Waals surface area contributed by atoms with Crippen molar-refractivity contribution in [2.75, 3.05) is 5.32 Å². The molecule has 1 saturated carbocycles. The summed E-state index contributed by atoms with van der Waals surface area (Å²) in [7, 11) is 0. The molecule has 1 aromatic carbocycles. The van der Waals surface area contributed by atoms with E-state index in [1.54, 1.807) is 30.7 Å². The van der Waals surface area contributed by atoms with Gasteiger partial charge in [-0.25, -0.2) is 4.39 Å². The predicted octanol–water partition coefficient (Wildman–Crippen LogP) is 4.13. The summed E-state index contributed by atoms with van der Waals surface area (Å²) < 4.78 is 15.5. The molecule has 3 heterocycles. The van der Waals surface area contributed by atoms with Gasteiger partial charge in [0.1, 0.15) is 17.8 Å². The van der Waals surface area contributed by atoms with Gasteiger partial charge in [0.15, 0.2) is 5.82 Å². The lowest BCUT2D eigenvalue weighted by atomic mass is 10.1. The third-order valence-electron chi connectivity index (χ3n) is 4.92. The number of carbonyl (C=O) groups excluding carboxylic acids is 1. The highest BCUT2D eigenvalue weighted by Crippen LogP contribution is 2.37. The summed E-state index contributed by atoms with van der Waals surface area (Å²) in [5, 5.41) is 11.1. The van der Waals surface area contributed by atoms with Gasteiger partial charge in [-0.2, -0.15) is 0 Å². The van der Waals surface area contributed by atoms with Crippen LogP contribution in [0.3, 0.4) is 0 Å². The summed E-state index contributed by atoms with van der Waals surface area (Å²) in [6.45, 7) is 0. The van der Waals surface area contributed by atoms with E-state index < -0.39 is 5.82 Å². The van der Waals surface area contributed by atoms with Crippen LogP contribution in [0.15, 0.2) is 67.4 Å². The van der Waals surface area contributed by atoms with Crippen LogP contribution >= 0.6 is 0 Å². The Kier molecular flexibility index (Phi) is 4.51. The zero-order valence-corrected chi connectivity index (χ0v) is 15.9. The summed E-state index contributed by atoms with van der Waals surface area (Å²) in [4.78, 5) is 20.8. The number of amides is 1. The molecule has 0 saturated heterocycles. The van der Waals surface area contributed by atoms with Crippen molar-refractivity contribution in [1.82, 2.24) is 24.7 Å². The minimum Gasteiger partial charge on any atom is -0.321 e. The van der Waals surface area contributed by atoms with Gasteiger partial charge in [-0.1, -0.05) is 12.1 Å². The third kappa shape index (κ3) is 3.67. The number of pyridine rings is 2. The fourth-order valence-corrected chi connectivity index (χ4v) is 3.30. The number of carbonyl (C=O) groups is 1. The number of anilines is 1. The van der Waals surface area contributed by atoms with Crippen LogP contribution < -0.4 is 5.32 Å². The molecule has 1 aliphatic rings. The van der Waals surface area contributed by atoms with Gasteiger partial charge in [0.25, 0.3) is 5.91 Å². The van der Waals surface area contributed by atoms with Gasteiger partial charge in [-0.15, -0.1) is 10.2 Å². The SMILES string of the molecule is O=C(Nc1cccc(-c2nncn2C2CC2)c1)c1cc(-c2cncc(F)c2)ccn1. The Hall–Kier alpha value is -3.94. The Balaban J connectivity index is 1.38. The second-order valence-electron chi connectivity index (χ2n) is 7.15. The summed E-state index contributed by atoms with van der Waals surface area (Å²) >= 11 is 0. The molecule has 7 nitrogen and oxygen atoms in total. The number of benzene rings is 1. The average Bonchev–Trinajstić information content (AvgIpc) is 3.50. The molecule has 3 aromatic heterocycles. The topological polar surface area (TPSA) is 85.6 Å². The molecule has 1 aliphatic carbocycles. The van der Waals surface area contributed by atoms with Crippen molar-refractivity contribution in [2.45, 2.75) is 18.9 Å². The van der Waals surface area contributed by atoms with E-state index in [0.717, 1.165) is 30.4 Å². The van der Waals surface area contributed by atoms with Gasteiger partial charge in [0.05, 0.1) is 6.20 Å². The van der Waals surface area contributed by atoms with Crippen LogP contribution in [0, 0.1) is 5.82 Å². The van der Waals surface area contributed by atoms with Gasteiger partial charge < -0.3 is 9.88 Å². The van der Waals surface area contributed by atoms with Crippen molar-refractivity contribution in [1.29, 1.82) is 0 Å². The highest BCUT2D eigenvalue weighted by Gasteiger charge is 2.26. The minimum absolute atomic E-state index is 0.225. The van der Waals surface area contributed by atoms with Crippen LogP contribution in [-0.2, 0) is 0 Å². The number of rotatable bonds is 5. The molecular formula is C22H17FN6O. The number of nitrogens with zero attached hydrogens (tertiary/aromatic N) is 5. The van der Waals surface area contributed by atoms with E-state index in [0.29, 0.717) is 22.9 Å². The first-order valence-corrected chi connectivity index (χ1v) is 9.56. The number of hydrogen-bond acceptors (Lipinski definition) is 5. The van der Waals surface area contributed by atoms with Gasteiger partial charge in [-0.3, -0.25) is 14.8 Å². The van der Waals surface area contributed by atoms with Crippen molar-refractivity contribution in [3.05, 3.63) is 78.9 Å². The van der Waals surface area contributed by atoms with E-state index in [1.165, 1.54) is 12.3 Å². The zero-order chi connectivity index (χ0) is 20.5. The number of nitrogens with one attached hydrogen (secondary N) is 1. The van der Waals surface area contributed by atoms with Gasteiger partial charge in [0, 0.05) is 35.2 Å². The molecule has 1 amide bonds. The largest absolute Gasteiger partial charge is 0.321 e. The van der Waals surface area contributed by atoms with E-state index >= 15 is 0 Å². The molecule has 148 valence electrons. The van der Waals surface area contributed by atoms with Gasteiger partial charge in [0.2, 0.25) is 0 Å². The second kappa shape index (κ2) is 7.47. The maximum Gasteiger partial charge on any atom is 0.274 e. The van der Waals surface area contributed by atoms with E-state index in [4.69, 9.17) is 0 Å². The minimum atomic E-state index is -0.439. The molecule has 0 atom stereocenters. The maximum absolute atomic E-state index is 13.5. The van der Waals surface area contributed by atoms with Gasteiger partial charge >= 0.3 is 0 Å². The van der Waals surface area contributed by atoms with E-state index in [1.807, 2.05) is 18.2 Å². The van der Waals surface area contributed by atoms with Crippen LogP contribution in [0.25, 0.3) is 22.5 Å². The standard InChI is InChI=1S/C22H17FN6O/c23-17-8-16(11-24-12-17)14-6-7-25-20(10-14)22(30)27-18-3-1-2-15(9-18)21-28-26-13-29(21)19-4-5-19/h1-3,6-13,19H,4-5H2,(H,27,30). The van der Waals surface area contributed by atoms with E-state index in [2.05, 4.69) is 30.0 Å². The smallest absolute Gasteiger partial charge is 0.274 e. The number of hydrogen-bond donors (Lipinski definition) is 1. The van der Waals surface area contributed by atoms with Crippen molar-refractivity contribution in [2.24, 2.45) is 0 Å². The van der Waals surface area contributed by atoms with E-state index in [-0.39, 0.29) is 11.6 Å². The maximum atomic E-state index is 13.5. The molecule has 30 heavy (non-hydrogen) atoms. The Morgan fingerprint density at radius 2 is 1.97 bits per heavy atom. The lowest BCUT2D eigenvalue weighted by Crippen LogP contribution is -2.13. The first-order valence-electron chi connectivity index (χ1n) is 9.56. The molecule has 5 rings (SSSR count). The molecule has 0 unspecified atom stereocenters. The molecule has 0 aliphatic heterocycles. The average molecular weight is 400 g/mol. The lowest BCUT2D eigenvalue weighted by molar-refractivity contribution is 0.102. The fraction of sp³-hybridized carbons (Fsp3) is 0.136. The fourth-order valence-electron chi connectivity index (χ4n) is 3.30. The van der Waals surface area contributed by atoms with E-state index in [9.17, 15) is 9.18 Å². The second-order valence-corrected chi connectivity index (χ2v) is 7.15. The van der Waals surface area contributed by atoms with Crippen LogP contribution in [-0.4, -0.2) is 30.6 Å². The Bertz CT molecular complexity index is 1230. The quantitative estimate of drug-likeness (QED) is 0.544. The Morgan fingerprint density at radius 1 is 1.07 bits per heavy atom. The summed E-state index contributed by atoms with van der Waals surface area (Å²) in [6.07, 6.45) is 8.20. The molecule has 1 N–H and O–H groups in total. The predicted molar refractivity (Wildman–Crippen MR) is 109 cm³/mol. The van der Waals surface area contributed by atoms with Crippen LogP contribution in [0.5, 0.6) is 0 Å². The van der Waals surface area contributed by atoms with Crippen molar-refractivity contribution >= 4 is 11.6 Å². The Labute approximate surface area is 171 Å². The molecular weight excluding hydrogens is 383 g/mol. The third-order valence-corrected chi connectivity index (χ3v) is 4.92. The van der Waals surface area contributed by atoms with Crippen molar-refractivity contribution in [3.63, 3.8) is 0 Å². The zero-order valence-electron chi connectivity index (χ0n) is 15.9. The summed E-state index contributed by atoms with van der Waals surface area (Å²) in [5.41, 5.74) is 2.97. The normalized spacial score (nSPS) is 13.2. The molecule has 0 radical (unpaired) electrons. The molecule has 0 bridgehead atoms. The highest BCUT2D eigenvalue weighted by molar-refractivity contribution is 6.03. The summed E-state index contributed by atoms with van der Waals surface area (Å²) in [5.74, 6) is -0.0134. The molecule has 1 fully saturated rings. The molecule has 0 spiro atoms. The first-order chi connectivity index (χ1) is 14.7. The van der Waals surface area contributed by atoms with Crippen LogP contribution in [0.1, 0.15) is 29.4 Å². The molecule has 4 aromatic rings. The van der Waals surface area contributed by atoms with Crippen molar-refractivity contribution < 1.29 is 9.18 Å². The lowest BCUT2D eigenvalue weighted by Gasteiger charge is -2.09. The first kappa shape index (κ1) is 18.1. The Morgan fingerprint density at radius 3 is 2.80 bits per heavy atom. The highest BCUT2D eigenvalue weighted by atomic mass is 19.1. The van der Waals surface area contributed by atoms with Crippen molar-refractivity contribution in [3.8, 4) is 22.5 Å². The summed E-state index contributed by atoms with van der Waals surface area (Å²) in [6, 6.07) is 12.6. The van der Waals surface area contributed by atoms with Crippen LogP contribution in [0.2, 0.25) is 0 Å².